The standard InChI is InChI=1S/C11H16N2O4/c1-3-13-9(14)7-4-12(6(2)11(16)17)5-8(7)10(13)15/h6-8H,3-5H2,1-2H3,(H,16,17)/t6-,7-,8+/m0/s1. The van der Waals surface area contributed by atoms with Crippen LogP contribution in [0.15, 0.2) is 0 Å². The number of imide groups is 1. The number of carboxylic acid groups (broad SMARTS) is 1. The molecule has 0 radical (unpaired) electrons. The third-order valence-corrected chi connectivity index (χ3v) is 3.74. The smallest absolute Gasteiger partial charge is 0.320 e. The van der Waals surface area contributed by atoms with Gasteiger partial charge in [-0.05, 0) is 13.8 Å². The fourth-order valence-electron chi connectivity index (χ4n) is 2.63. The molecule has 0 aromatic rings. The Hall–Kier alpha value is -1.43. The van der Waals surface area contributed by atoms with Crippen molar-refractivity contribution in [3.8, 4) is 0 Å². The van der Waals surface area contributed by atoms with E-state index in [4.69, 9.17) is 5.11 Å². The van der Waals surface area contributed by atoms with Crippen molar-refractivity contribution in [1.29, 1.82) is 0 Å². The number of nitrogens with zero attached hydrogens (tertiary/aromatic N) is 2. The molecule has 6 nitrogen and oxygen atoms in total. The molecule has 2 saturated heterocycles. The monoisotopic (exact) mass is 240 g/mol. The lowest BCUT2D eigenvalue weighted by Gasteiger charge is -2.22. The first kappa shape index (κ1) is 12.0. The van der Waals surface area contributed by atoms with Crippen LogP contribution in [0.25, 0.3) is 0 Å². The lowest BCUT2D eigenvalue weighted by atomic mass is 10.00. The second-order valence-corrected chi connectivity index (χ2v) is 4.60. The van der Waals surface area contributed by atoms with Gasteiger partial charge in [0, 0.05) is 19.6 Å². The van der Waals surface area contributed by atoms with Gasteiger partial charge >= 0.3 is 5.97 Å². The largest absolute Gasteiger partial charge is 0.480 e. The Morgan fingerprint density at radius 2 is 1.82 bits per heavy atom. The molecule has 2 rings (SSSR count). The number of hydrogen-bond acceptors (Lipinski definition) is 4. The third-order valence-electron chi connectivity index (χ3n) is 3.74. The van der Waals surface area contributed by atoms with E-state index in [2.05, 4.69) is 0 Å². The van der Waals surface area contributed by atoms with E-state index in [0.29, 0.717) is 19.6 Å². The highest BCUT2D eigenvalue weighted by Crippen LogP contribution is 2.34. The zero-order chi connectivity index (χ0) is 12.7. The van der Waals surface area contributed by atoms with Gasteiger partial charge in [-0.2, -0.15) is 0 Å². The maximum Gasteiger partial charge on any atom is 0.320 e. The Morgan fingerprint density at radius 1 is 1.35 bits per heavy atom. The van der Waals surface area contributed by atoms with Gasteiger partial charge in [-0.1, -0.05) is 0 Å². The fraction of sp³-hybridized carbons (Fsp3) is 0.727. The Kier molecular flexibility index (Phi) is 2.91. The number of carbonyl (C=O) groups is 3. The molecule has 94 valence electrons. The van der Waals surface area contributed by atoms with Crippen molar-refractivity contribution < 1.29 is 19.5 Å². The molecule has 2 amide bonds. The molecule has 2 aliphatic rings. The summed E-state index contributed by atoms with van der Waals surface area (Å²) >= 11 is 0. The molecular weight excluding hydrogens is 224 g/mol. The molecule has 0 aromatic carbocycles. The molecule has 0 aliphatic carbocycles. The summed E-state index contributed by atoms with van der Waals surface area (Å²) in [5.41, 5.74) is 0. The molecule has 0 aromatic heterocycles. The predicted octanol–water partition coefficient (Wildman–Crippen LogP) is -0.604. The van der Waals surface area contributed by atoms with E-state index in [0.717, 1.165) is 0 Å². The number of amides is 2. The zero-order valence-electron chi connectivity index (χ0n) is 9.92. The molecule has 3 atom stereocenters. The molecule has 2 fully saturated rings. The summed E-state index contributed by atoms with van der Waals surface area (Å²) < 4.78 is 0. The van der Waals surface area contributed by atoms with Crippen molar-refractivity contribution in [2.24, 2.45) is 11.8 Å². The minimum Gasteiger partial charge on any atom is -0.480 e. The first-order valence-corrected chi connectivity index (χ1v) is 5.79. The number of aliphatic carboxylic acids is 1. The van der Waals surface area contributed by atoms with Gasteiger partial charge in [0.15, 0.2) is 0 Å². The van der Waals surface area contributed by atoms with Gasteiger partial charge < -0.3 is 5.11 Å². The van der Waals surface area contributed by atoms with E-state index in [1.807, 2.05) is 0 Å². The van der Waals surface area contributed by atoms with Crippen molar-refractivity contribution in [2.45, 2.75) is 19.9 Å². The molecule has 2 heterocycles. The minimum atomic E-state index is -0.919. The summed E-state index contributed by atoms with van der Waals surface area (Å²) in [6, 6.07) is -0.642. The van der Waals surface area contributed by atoms with E-state index in [1.54, 1.807) is 18.7 Å². The molecule has 1 N–H and O–H groups in total. The van der Waals surface area contributed by atoms with Crippen molar-refractivity contribution in [3.63, 3.8) is 0 Å². The average Bonchev–Trinajstić information content (AvgIpc) is 2.80. The number of rotatable bonds is 3. The first-order chi connectivity index (χ1) is 7.97. The van der Waals surface area contributed by atoms with Crippen LogP contribution in [-0.2, 0) is 14.4 Å². The normalized spacial score (nSPS) is 30.8. The number of carboxylic acids is 1. The van der Waals surface area contributed by atoms with Crippen LogP contribution in [0, 0.1) is 11.8 Å². The lowest BCUT2D eigenvalue weighted by Crippen LogP contribution is -2.41. The van der Waals surface area contributed by atoms with Gasteiger partial charge in [-0.15, -0.1) is 0 Å². The second-order valence-electron chi connectivity index (χ2n) is 4.60. The molecule has 6 heteroatoms. The van der Waals surface area contributed by atoms with Crippen molar-refractivity contribution in [3.05, 3.63) is 0 Å². The number of hydrogen-bond donors (Lipinski definition) is 1. The van der Waals surface area contributed by atoms with Crippen LogP contribution in [0.4, 0.5) is 0 Å². The average molecular weight is 240 g/mol. The quantitative estimate of drug-likeness (QED) is 0.666. The second kappa shape index (κ2) is 4.10. The number of likely N-dealkylation sites (tertiary alicyclic amines) is 2. The Bertz CT molecular complexity index is 358. The highest BCUT2D eigenvalue weighted by molar-refractivity contribution is 6.05. The van der Waals surface area contributed by atoms with Gasteiger partial charge in [0.05, 0.1) is 11.8 Å². The zero-order valence-corrected chi connectivity index (χ0v) is 9.92. The van der Waals surface area contributed by atoms with Crippen LogP contribution in [0.1, 0.15) is 13.8 Å². The summed E-state index contributed by atoms with van der Waals surface area (Å²) in [6.07, 6.45) is 0. The maximum atomic E-state index is 11.9. The molecular formula is C11H16N2O4. The van der Waals surface area contributed by atoms with E-state index in [-0.39, 0.29) is 23.7 Å². The lowest BCUT2D eigenvalue weighted by molar-refractivity contribution is -0.145. The maximum absolute atomic E-state index is 11.9. The number of carbonyl (C=O) groups excluding carboxylic acids is 2. The first-order valence-electron chi connectivity index (χ1n) is 5.79. The van der Waals surface area contributed by atoms with Crippen LogP contribution < -0.4 is 0 Å². The van der Waals surface area contributed by atoms with Crippen molar-refractivity contribution >= 4 is 17.8 Å². The van der Waals surface area contributed by atoms with Crippen molar-refractivity contribution in [2.75, 3.05) is 19.6 Å². The van der Waals surface area contributed by atoms with E-state index >= 15 is 0 Å². The van der Waals surface area contributed by atoms with E-state index in [1.165, 1.54) is 4.90 Å². The molecule has 0 bridgehead atoms. The summed E-state index contributed by atoms with van der Waals surface area (Å²) in [7, 11) is 0. The highest BCUT2D eigenvalue weighted by Gasteiger charge is 2.52. The Labute approximate surface area is 99.2 Å². The Balaban J connectivity index is 2.12. The predicted molar refractivity (Wildman–Crippen MR) is 58.0 cm³/mol. The van der Waals surface area contributed by atoms with E-state index < -0.39 is 12.0 Å². The SMILES string of the molecule is CCN1C(=O)[C@H]2CN([C@@H](C)C(=O)O)C[C@H]2C1=O. The summed E-state index contributed by atoms with van der Waals surface area (Å²) in [4.78, 5) is 37.6. The summed E-state index contributed by atoms with van der Waals surface area (Å²) in [6.45, 7) is 4.50. The van der Waals surface area contributed by atoms with Crippen LogP contribution in [0.3, 0.4) is 0 Å². The Morgan fingerprint density at radius 3 is 2.18 bits per heavy atom. The van der Waals surface area contributed by atoms with Gasteiger partial charge in [-0.3, -0.25) is 24.2 Å². The van der Waals surface area contributed by atoms with Crippen LogP contribution in [-0.4, -0.2) is 58.4 Å². The van der Waals surface area contributed by atoms with E-state index in [9.17, 15) is 14.4 Å². The summed E-state index contributed by atoms with van der Waals surface area (Å²) in [5, 5.41) is 8.91. The minimum absolute atomic E-state index is 0.150. The molecule has 0 unspecified atom stereocenters. The molecule has 2 aliphatic heterocycles. The molecule has 0 spiro atoms. The van der Waals surface area contributed by atoms with Gasteiger partial charge in [0.25, 0.3) is 0 Å². The van der Waals surface area contributed by atoms with Crippen LogP contribution >= 0.6 is 0 Å². The van der Waals surface area contributed by atoms with Gasteiger partial charge in [-0.25, -0.2) is 0 Å². The third kappa shape index (κ3) is 1.72. The van der Waals surface area contributed by atoms with Crippen LogP contribution in [0.5, 0.6) is 0 Å². The summed E-state index contributed by atoms with van der Waals surface area (Å²) in [5.74, 6) is -1.91. The molecule has 17 heavy (non-hydrogen) atoms. The highest BCUT2D eigenvalue weighted by atomic mass is 16.4. The topological polar surface area (TPSA) is 77.9 Å². The van der Waals surface area contributed by atoms with Crippen LogP contribution in [0.2, 0.25) is 0 Å². The number of fused-ring (bicyclic) bond motifs is 1. The molecule has 0 saturated carbocycles. The van der Waals surface area contributed by atoms with Crippen molar-refractivity contribution in [1.82, 2.24) is 9.80 Å². The van der Waals surface area contributed by atoms with Gasteiger partial charge in [0.2, 0.25) is 11.8 Å². The fourth-order valence-corrected chi connectivity index (χ4v) is 2.63. The van der Waals surface area contributed by atoms with Gasteiger partial charge in [0.1, 0.15) is 6.04 Å².